The number of hydrogen-bond acceptors (Lipinski definition) is 6. The monoisotopic (exact) mass is 296 g/mol. The Morgan fingerprint density at radius 1 is 1.19 bits per heavy atom. The minimum atomic E-state index is -1.37. The van der Waals surface area contributed by atoms with Crippen molar-refractivity contribution in [2.75, 3.05) is 19.5 Å². The summed E-state index contributed by atoms with van der Waals surface area (Å²) in [6.07, 6.45) is 0.973. The zero-order valence-electron chi connectivity index (χ0n) is 11.1. The number of methoxy groups -OCH3 is 2. The summed E-state index contributed by atoms with van der Waals surface area (Å²) in [5.74, 6) is -3.55. The van der Waals surface area contributed by atoms with Crippen LogP contribution in [0.3, 0.4) is 0 Å². The van der Waals surface area contributed by atoms with E-state index in [0.29, 0.717) is 0 Å². The molecule has 0 atom stereocenters. The molecular formula is C12H10F2N4O3. The number of nitrogens with zero attached hydrogens (tertiary/aromatic N) is 3. The molecule has 110 valence electrons. The Labute approximate surface area is 118 Å². The predicted octanol–water partition coefficient (Wildman–Crippen LogP) is 1.42. The molecule has 0 fully saturated rings. The Balaban J connectivity index is 2.29. The lowest BCUT2D eigenvalue weighted by Crippen LogP contribution is -2.17. The molecule has 2 heterocycles. The average Bonchev–Trinajstić information content (AvgIpc) is 2.49. The maximum atomic E-state index is 13.5. The van der Waals surface area contributed by atoms with Gasteiger partial charge in [0.25, 0.3) is 5.91 Å². The third-order valence-corrected chi connectivity index (χ3v) is 2.41. The normalized spacial score (nSPS) is 10.1. The summed E-state index contributed by atoms with van der Waals surface area (Å²) < 4.78 is 36.2. The smallest absolute Gasteiger partial charge is 0.261 e. The standard InChI is InChI=1S/C12H10F2N4O3/c1-20-7-5-8(21-2)17-12(16-7)18-11(19)6-3-4-15-10(14)9(6)13/h3-5H,1-2H3,(H,16,17,18,19). The minimum Gasteiger partial charge on any atom is -0.481 e. The van der Waals surface area contributed by atoms with E-state index in [1.165, 1.54) is 20.3 Å². The van der Waals surface area contributed by atoms with Crippen LogP contribution in [0.2, 0.25) is 0 Å². The summed E-state index contributed by atoms with van der Waals surface area (Å²) >= 11 is 0. The number of hydrogen-bond donors (Lipinski definition) is 1. The molecule has 0 radical (unpaired) electrons. The number of carbonyl (C=O) groups is 1. The number of rotatable bonds is 4. The Morgan fingerprint density at radius 3 is 2.38 bits per heavy atom. The van der Waals surface area contributed by atoms with E-state index in [-0.39, 0.29) is 17.7 Å². The molecular weight excluding hydrogens is 286 g/mol. The van der Waals surface area contributed by atoms with Gasteiger partial charge in [0.15, 0.2) is 5.82 Å². The Morgan fingerprint density at radius 2 is 1.81 bits per heavy atom. The Bertz CT molecular complexity index is 659. The molecule has 0 saturated carbocycles. The van der Waals surface area contributed by atoms with Gasteiger partial charge in [-0.15, -0.1) is 0 Å². The first-order valence-electron chi connectivity index (χ1n) is 5.63. The van der Waals surface area contributed by atoms with Crippen LogP contribution in [0.15, 0.2) is 18.3 Å². The SMILES string of the molecule is COc1cc(OC)nc(NC(=O)c2ccnc(F)c2F)n1. The van der Waals surface area contributed by atoms with Gasteiger partial charge >= 0.3 is 0 Å². The number of halogens is 2. The lowest BCUT2D eigenvalue weighted by atomic mass is 10.2. The zero-order valence-corrected chi connectivity index (χ0v) is 11.1. The van der Waals surface area contributed by atoms with Crippen LogP contribution in [0, 0.1) is 11.8 Å². The van der Waals surface area contributed by atoms with Crippen LogP contribution in [0.25, 0.3) is 0 Å². The highest BCUT2D eigenvalue weighted by atomic mass is 19.2. The highest BCUT2D eigenvalue weighted by molar-refractivity contribution is 6.03. The second-order valence-electron chi connectivity index (χ2n) is 3.69. The molecule has 7 nitrogen and oxygen atoms in total. The van der Waals surface area contributed by atoms with Crippen molar-refractivity contribution >= 4 is 11.9 Å². The molecule has 0 saturated heterocycles. The van der Waals surface area contributed by atoms with Crippen LogP contribution >= 0.6 is 0 Å². The molecule has 9 heteroatoms. The minimum absolute atomic E-state index is 0.138. The summed E-state index contributed by atoms with van der Waals surface area (Å²) in [5, 5.41) is 2.22. The molecule has 1 amide bonds. The molecule has 1 N–H and O–H groups in total. The zero-order chi connectivity index (χ0) is 15.4. The number of amides is 1. The summed E-state index contributed by atoms with van der Waals surface area (Å²) in [6.45, 7) is 0. The summed E-state index contributed by atoms with van der Waals surface area (Å²) in [7, 11) is 2.73. The van der Waals surface area contributed by atoms with Crippen molar-refractivity contribution in [1.82, 2.24) is 15.0 Å². The van der Waals surface area contributed by atoms with Gasteiger partial charge < -0.3 is 9.47 Å². The van der Waals surface area contributed by atoms with E-state index in [1.54, 1.807) is 0 Å². The summed E-state index contributed by atoms with van der Waals surface area (Å²) in [4.78, 5) is 22.7. The topological polar surface area (TPSA) is 86.2 Å². The third-order valence-electron chi connectivity index (χ3n) is 2.41. The van der Waals surface area contributed by atoms with Crippen LogP contribution in [-0.4, -0.2) is 35.1 Å². The number of carbonyl (C=O) groups excluding carboxylic acids is 1. The largest absolute Gasteiger partial charge is 0.481 e. The van der Waals surface area contributed by atoms with Gasteiger partial charge in [-0.3, -0.25) is 10.1 Å². The second kappa shape index (κ2) is 6.07. The first-order chi connectivity index (χ1) is 10.0. The van der Waals surface area contributed by atoms with Gasteiger partial charge in [0.2, 0.25) is 23.7 Å². The molecule has 0 aromatic carbocycles. The molecule has 0 bridgehead atoms. The van der Waals surface area contributed by atoms with E-state index in [4.69, 9.17) is 9.47 Å². The molecule has 0 aliphatic carbocycles. The van der Waals surface area contributed by atoms with E-state index in [2.05, 4.69) is 20.3 Å². The van der Waals surface area contributed by atoms with Crippen LogP contribution in [0.5, 0.6) is 11.8 Å². The number of pyridine rings is 1. The fourth-order valence-corrected chi connectivity index (χ4v) is 1.43. The highest BCUT2D eigenvalue weighted by Gasteiger charge is 2.17. The molecule has 0 aliphatic heterocycles. The molecule has 0 unspecified atom stereocenters. The molecule has 0 aliphatic rings. The molecule has 21 heavy (non-hydrogen) atoms. The Hall–Kier alpha value is -2.84. The van der Waals surface area contributed by atoms with E-state index < -0.39 is 23.2 Å². The lowest BCUT2D eigenvalue weighted by molar-refractivity contribution is 0.102. The van der Waals surface area contributed by atoms with Crippen molar-refractivity contribution < 1.29 is 23.0 Å². The quantitative estimate of drug-likeness (QED) is 0.859. The van der Waals surface area contributed by atoms with Crippen LogP contribution < -0.4 is 14.8 Å². The van der Waals surface area contributed by atoms with Crippen LogP contribution in [-0.2, 0) is 0 Å². The van der Waals surface area contributed by atoms with Crippen molar-refractivity contribution in [1.29, 1.82) is 0 Å². The van der Waals surface area contributed by atoms with Crippen molar-refractivity contribution in [3.05, 3.63) is 35.7 Å². The predicted molar refractivity (Wildman–Crippen MR) is 67.2 cm³/mol. The van der Waals surface area contributed by atoms with Crippen LogP contribution in [0.1, 0.15) is 10.4 Å². The number of ether oxygens (including phenoxy) is 2. The molecule has 2 rings (SSSR count). The van der Waals surface area contributed by atoms with Gasteiger partial charge in [-0.25, -0.2) is 9.37 Å². The van der Waals surface area contributed by atoms with E-state index in [0.717, 1.165) is 12.3 Å². The number of anilines is 1. The van der Waals surface area contributed by atoms with Crippen molar-refractivity contribution in [3.8, 4) is 11.8 Å². The van der Waals surface area contributed by atoms with Gasteiger partial charge in [0, 0.05) is 6.20 Å². The van der Waals surface area contributed by atoms with Gasteiger partial charge in [-0.1, -0.05) is 0 Å². The van der Waals surface area contributed by atoms with Crippen molar-refractivity contribution in [2.45, 2.75) is 0 Å². The van der Waals surface area contributed by atoms with E-state index in [9.17, 15) is 13.6 Å². The third kappa shape index (κ3) is 3.19. The molecule has 2 aromatic rings. The first-order valence-corrected chi connectivity index (χ1v) is 5.63. The summed E-state index contributed by atoms with van der Waals surface area (Å²) in [6, 6.07) is 2.42. The van der Waals surface area contributed by atoms with Crippen molar-refractivity contribution in [3.63, 3.8) is 0 Å². The highest BCUT2D eigenvalue weighted by Crippen LogP contribution is 2.18. The number of nitrogens with one attached hydrogen (secondary N) is 1. The van der Waals surface area contributed by atoms with Crippen molar-refractivity contribution in [2.24, 2.45) is 0 Å². The van der Waals surface area contributed by atoms with Gasteiger partial charge in [0.1, 0.15) is 0 Å². The number of aromatic nitrogens is 3. The van der Waals surface area contributed by atoms with E-state index in [1.807, 2.05) is 0 Å². The fraction of sp³-hybridized carbons (Fsp3) is 0.167. The summed E-state index contributed by atoms with van der Waals surface area (Å²) in [5.41, 5.74) is -0.520. The van der Waals surface area contributed by atoms with E-state index >= 15 is 0 Å². The average molecular weight is 296 g/mol. The van der Waals surface area contributed by atoms with Gasteiger partial charge in [-0.05, 0) is 6.07 Å². The Kier molecular flexibility index (Phi) is 4.21. The fourth-order valence-electron chi connectivity index (χ4n) is 1.43. The maximum Gasteiger partial charge on any atom is 0.261 e. The molecule has 2 aromatic heterocycles. The maximum absolute atomic E-state index is 13.5. The lowest BCUT2D eigenvalue weighted by Gasteiger charge is -2.08. The van der Waals surface area contributed by atoms with Gasteiger partial charge in [0.05, 0.1) is 25.8 Å². The molecule has 0 spiro atoms. The van der Waals surface area contributed by atoms with Crippen LogP contribution in [0.4, 0.5) is 14.7 Å². The second-order valence-corrected chi connectivity index (χ2v) is 3.69. The first kappa shape index (κ1) is 14.6. The van der Waals surface area contributed by atoms with Gasteiger partial charge in [-0.2, -0.15) is 14.4 Å².